The van der Waals surface area contributed by atoms with Gasteiger partial charge in [0.15, 0.2) is 0 Å². The Morgan fingerprint density at radius 1 is 1.35 bits per heavy atom. The number of ether oxygens (including phenoxy) is 1. The van der Waals surface area contributed by atoms with E-state index in [4.69, 9.17) is 4.74 Å². The highest BCUT2D eigenvalue weighted by atomic mass is 16.5. The lowest BCUT2D eigenvalue weighted by Gasteiger charge is -2.15. The number of nitrogens with one attached hydrogen (secondary N) is 1. The van der Waals surface area contributed by atoms with E-state index in [9.17, 15) is 0 Å². The maximum Gasteiger partial charge on any atom is 0.221 e. The van der Waals surface area contributed by atoms with Gasteiger partial charge < -0.3 is 15.0 Å². The molecule has 1 N–H and O–H groups in total. The van der Waals surface area contributed by atoms with Gasteiger partial charge in [-0.25, -0.2) is 4.98 Å². The van der Waals surface area contributed by atoms with Crippen LogP contribution in [0.25, 0.3) is 10.8 Å². The molecule has 0 saturated carbocycles. The van der Waals surface area contributed by atoms with Crippen molar-refractivity contribution in [2.24, 2.45) is 0 Å². The molecule has 0 amide bonds. The Morgan fingerprint density at radius 2 is 2.25 bits per heavy atom. The smallest absolute Gasteiger partial charge is 0.221 e. The van der Waals surface area contributed by atoms with Crippen molar-refractivity contribution in [2.75, 3.05) is 32.1 Å². The summed E-state index contributed by atoms with van der Waals surface area (Å²) in [6, 6.07) is 8.86. The van der Waals surface area contributed by atoms with E-state index in [0.717, 1.165) is 17.8 Å². The number of pyridine rings is 1. The first-order valence-corrected chi connectivity index (χ1v) is 7.16. The molecule has 0 spiro atoms. The Bertz CT molecular complexity index is 591. The van der Waals surface area contributed by atoms with Crippen LogP contribution in [0.4, 0.5) is 5.69 Å². The van der Waals surface area contributed by atoms with Gasteiger partial charge in [0, 0.05) is 37.4 Å². The molecule has 2 aromatic rings. The van der Waals surface area contributed by atoms with Crippen LogP contribution >= 0.6 is 0 Å². The zero-order valence-corrected chi connectivity index (χ0v) is 12.1. The zero-order chi connectivity index (χ0) is 13.9. The summed E-state index contributed by atoms with van der Waals surface area (Å²) in [5.74, 6) is 0.738. The molecule has 4 heteroatoms. The van der Waals surface area contributed by atoms with Crippen molar-refractivity contribution in [1.29, 1.82) is 0 Å². The van der Waals surface area contributed by atoms with Crippen LogP contribution in [-0.2, 0) is 0 Å². The maximum absolute atomic E-state index is 5.92. The molecule has 1 aromatic carbocycles. The molecule has 106 valence electrons. The first-order valence-electron chi connectivity index (χ1n) is 7.16. The Labute approximate surface area is 119 Å². The first kappa shape index (κ1) is 13.2. The summed E-state index contributed by atoms with van der Waals surface area (Å²) in [6.07, 6.45) is 4.25. The molecule has 3 rings (SSSR count). The zero-order valence-electron chi connectivity index (χ0n) is 12.1. The minimum absolute atomic E-state index is 0.466. The Hall–Kier alpha value is -1.81. The molecule has 0 aliphatic carbocycles. The summed E-state index contributed by atoms with van der Waals surface area (Å²) in [5.41, 5.74) is 1.19. The van der Waals surface area contributed by atoms with Crippen LogP contribution in [-0.4, -0.2) is 38.3 Å². The van der Waals surface area contributed by atoms with Crippen LogP contribution in [0.5, 0.6) is 5.88 Å². The molecule has 4 nitrogen and oxygen atoms in total. The number of rotatable bonds is 4. The van der Waals surface area contributed by atoms with Gasteiger partial charge in [-0.3, -0.25) is 0 Å². The van der Waals surface area contributed by atoms with E-state index in [1.54, 1.807) is 0 Å². The summed E-state index contributed by atoms with van der Waals surface area (Å²) in [4.78, 5) is 6.48. The number of benzene rings is 1. The third-order valence-corrected chi connectivity index (χ3v) is 3.81. The number of anilines is 1. The summed E-state index contributed by atoms with van der Waals surface area (Å²) < 4.78 is 5.92. The van der Waals surface area contributed by atoms with Crippen molar-refractivity contribution in [3.63, 3.8) is 0 Å². The van der Waals surface area contributed by atoms with Crippen LogP contribution in [0, 0.1) is 0 Å². The van der Waals surface area contributed by atoms with Crippen LogP contribution < -0.4 is 15.0 Å². The fourth-order valence-corrected chi connectivity index (χ4v) is 2.61. The monoisotopic (exact) mass is 271 g/mol. The normalized spacial score (nSPS) is 18.4. The predicted molar refractivity (Wildman–Crippen MR) is 82.6 cm³/mol. The van der Waals surface area contributed by atoms with Crippen LogP contribution in [0.2, 0.25) is 0 Å². The van der Waals surface area contributed by atoms with Gasteiger partial charge in [-0.1, -0.05) is 0 Å². The molecule has 1 fully saturated rings. The average molecular weight is 271 g/mol. The average Bonchev–Trinajstić information content (AvgIpc) is 2.97. The van der Waals surface area contributed by atoms with Gasteiger partial charge in [0.2, 0.25) is 5.88 Å². The SMILES string of the molecule is CN(C)c1ccc2c(OCC3CCCN3)nccc2c1. The summed E-state index contributed by atoms with van der Waals surface area (Å²) >= 11 is 0. The Balaban J connectivity index is 1.83. The second kappa shape index (κ2) is 5.67. The summed E-state index contributed by atoms with van der Waals surface area (Å²) in [6.45, 7) is 1.80. The lowest BCUT2D eigenvalue weighted by molar-refractivity contribution is 0.271. The second-order valence-corrected chi connectivity index (χ2v) is 5.52. The predicted octanol–water partition coefficient (Wildman–Crippen LogP) is 2.43. The first-order chi connectivity index (χ1) is 9.74. The van der Waals surface area contributed by atoms with Gasteiger partial charge >= 0.3 is 0 Å². The van der Waals surface area contributed by atoms with E-state index in [2.05, 4.69) is 33.4 Å². The number of hydrogen-bond donors (Lipinski definition) is 1. The topological polar surface area (TPSA) is 37.4 Å². The molecular weight excluding hydrogens is 250 g/mol. The van der Waals surface area contributed by atoms with Crippen molar-refractivity contribution in [3.8, 4) is 5.88 Å². The van der Waals surface area contributed by atoms with Gasteiger partial charge in [0.25, 0.3) is 0 Å². The highest BCUT2D eigenvalue weighted by Gasteiger charge is 2.15. The molecule has 0 bridgehead atoms. The van der Waals surface area contributed by atoms with Crippen LogP contribution in [0.1, 0.15) is 12.8 Å². The van der Waals surface area contributed by atoms with E-state index in [1.165, 1.54) is 23.9 Å². The third kappa shape index (κ3) is 2.70. The Kier molecular flexibility index (Phi) is 3.74. The molecular formula is C16H21N3O. The minimum Gasteiger partial charge on any atom is -0.476 e. The van der Waals surface area contributed by atoms with Gasteiger partial charge in [-0.2, -0.15) is 0 Å². The molecule has 1 aliphatic heterocycles. The number of fused-ring (bicyclic) bond motifs is 1. The van der Waals surface area contributed by atoms with Gasteiger partial charge in [-0.15, -0.1) is 0 Å². The fraction of sp³-hybridized carbons (Fsp3) is 0.438. The number of hydrogen-bond acceptors (Lipinski definition) is 4. The highest BCUT2D eigenvalue weighted by molar-refractivity contribution is 5.89. The van der Waals surface area contributed by atoms with E-state index < -0.39 is 0 Å². The molecule has 1 aliphatic rings. The maximum atomic E-state index is 5.92. The Morgan fingerprint density at radius 3 is 3.00 bits per heavy atom. The molecule has 1 atom stereocenters. The molecule has 0 radical (unpaired) electrons. The van der Waals surface area contributed by atoms with Crippen molar-refractivity contribution in [2.45, 2.75) is 18.9 Å². The van der Waals surface area contributed by atoms with Crippen molar-refractivity contribution in [1.82, 2.24) is 10.3 Å². The van der Waals surface area contributed by atoms with E-state index in [1.807, 2.05) is 26.4 Å². The molecule has 1 unspecified atom stereocenters. The van der Waals surface area contributed by atoms with Crippen molar-refractivity contribution in [3.05, 3.63) is 30.5 Å². The minimum atomic E-state index is 0.466. The molecule has 1 aromatic heterocycles. The van der Waals surface area contributed by atoms with E-state index in [-0.39, 0.29) is 0 Å². The number of nitrogens with zero attached hydrogens (tertiary/aromatic N) is 2. The largest absolute Gasteiger partial charge is 0.476 e. The molecule has 1 saturated heterocycles. The molecule has 2 heterocycles. The lowest BCUT2D eigenvalue weighted by Crippen LogP contribution is -2.28. The standard InChI is InChI=1S/C16H21N3O/c1-19(2)14-5-6-15-12(10-14)7-9-18-16(15)20-11-13-4-3-8-17-13/h5-7,9-10,13,17H,3-4,8,11H2,1-2H3. The van der Waals surface area contributed by atoms with Crippen molar-refractivity contribution >= 4 is 16.5 Å². The van der Waals surface area contributed by atoms with Gasteiger partial charge in [0.1, 0.15) is 6.61 Å². The van der Waals surface area contributed by atoms with Crippen LogP contribution in [0.15, 0.2) is 30.5 Å². The quantitative estimate of drug-likeness (QED) is 0.927. The van der Waals surface area contributed by atoms with Crippen molar-refractivity contribution < 1.29 is 4.74 Å². The van der Waals surface area contributed by atoms with E-state index >= 15 is 0 Å². The van der Waals surface area contributed by atoms with Gasteiger partial charge in [0.05, 0.1) is 0 Å². The fourth-order valence-electron chi connectivity index (χ4n) is 2.61. The highest BCUT2D eigenvalue weighted by Crippen LogP contribution is 2.27. The summed E-state index contributed by atoms with van der Waals surface area (Å²) in [7, 11) is 4.09. The molecule has 20 heavy (non-hydrogen) atoms. The van der Waals surface area contributed by atoms with E-state index in [0.29, 0.717) is 12.6 Å². The second-order valence-electron chi connectivity index (χ2n) is 5.52. The lowest BCUT2D eigenvalue weighted by atomic mass is 10.1. The third-order valence-electron chi connectivity index (χ3n) is 3.81. The van der Waals surface area contributed by atoms with Gasteiger partial charge in [-0.05, 0) is 49.0 Å². The van der Waals surface area contributed by atoms with Crippen LogP contribution in [0.3, 0.4) is 0 Å². The number of aromatic nitrogens is 1. The summed E-state index contributed by atoms with van der Waals surface area (Å²) in [5, 5.41) is 5.69.